The molecule has 10 amide bonds. The van der Waals surface area contributed by atoms with Crippen LogP contribution in [-0.4, -0.2) is 181 Å². The van der Waals surface area contributed by atoms with E-state index in [4.69, 9.17) is 14.2 Å². The molecular formula is C61H91N9O14. The van der Waals surface area contributed by atoms with Crippen LogP contribution in [0.4, 0.5) is 10.5 Å². The van der Waals surface area contributed by atoms with Crippen LogP contribution in [-0.2, 0) is 64.0 Å². The summed E-state index contributed by atoms with van der Waals surface area (Å²) in [6.45, 7) is 14.2. The van der Waals surface area contributed by atoms with Crippen molar-refractivity contribution in [1.82, 2.24) is 40.9 Å². The lowest BCUT2D eigenvalue weighted by Crippen LogP contribution is -2.56. The minimum Gasteiger partial charge on any atom is -0.445 e. The number of methoxy groups -OCH3 is 2. The molecule has 2 aromatic rings. The molecule has 2 aliphatic rings. The molecule has 0 radical (unpaired) electrons. The van der Waals surface area contributed by atoms with Crippen molar-refractivity contribution < 1.29 is 67.3 Å². The number of rotatable bonds is 33. The first-order valence-corrected chi connectivity index (χ1v) is 29.2. The average Bonchev–Trinajstić information content (AvgIpc) is 4.24. The zero-order valence-corrected chi connectivity index (χ0v) is 51.0. The van der Waals surface area contributed by atoms with Gasteiger partial charge in [-0.3, -0.25) is 53.0 Å². The first-order chi connectivity index (χ1) is 39.8. The smallest absolute Gasteiger partial charge is 0.410 e. The van der Waals surface area contributed by atoms with Crippen LogP contribution in [0.15, 0.2) is 66.7 Å². The molecule has 0 saturated carbocycles. The first-order valence-electron chi connectivity index (χ1n) is 29.2. The van der Waals surface area contributed by atoms with E-state index in [1.807, 2.05) is 32.0 Å². The second kappa shape index (κ2) is 33.9. The van der Waals surface area contributed by atoms with Gasteiger partial charge in [-0.25, -0.2) is 4.79 Å². The van der Waals surface area contributed by atoms with Crippen LogP contribution in [0.1, 0.15) is 124 Å². The number of carbonyl (C=O) groups excluding carboxylic acids is 10. The Morgan fingerprint density at radius 2 is 1.38 bits per heavy atom. The van der Waals surface area contributed by atoms with Gasteiger partial charge in [0.1, 0.15) is 18.7 Å². The number of likely N-dealkylation sites (tertiary alicyclic amines) is 1. The highest BCUT2D eigenvalue weighted by Crippen LogP contribution is 2.30. The van der Waals surface area contributed by atoms with Crippen LogP contribution in [0.2, 0.25) is 0 Å². The molecule has 2 unspecified atom stereocenters. The number of likely N-dealkylation sites (N-methyl/N-ethyl adjacent to an activating group) is 2. The van der Waals surface area contributed by atoms with E-state index in [1.165, 1.54) is 38.3 Å². The van der Waals surface area contributed by atoms with Gasteiger partial charge in [0.05, 0.1) is 61.9 Å². The standard InChI is InChI=1S/C61H91N9O14/c1-13-39(6)55(46(82-11)33-51(75)69-32-20-23-45(69)57(83-12)40(7)58(78)64-41(8)56(77)43-21-16-14-17-22-43)67(9)52(76)35-63-60(80)54(38(4)5)68(10)61(81)84-36-42-25-27-44(28-26-42)65-48(72)34-62-59(79)53(37(2)3)66-47(71)24-18-15-19-31-70-49(73)29-30-50(70)74/h14,16-17,21-22,25-30,37-41,45-46,53-57,77H,13,15,18-20,23-24,31-36H2,1-12H3,(H,62,79)(H,63,80)(H,64,78)(H,65,72)(H,66,71)/t39-,40+,41+,45-,46+,53?,54?,55-,56+,57+/m0/s1. The van der Waals surface area contributed by atoms with Gasteiger partial charge in [0.25, 0.3) is 11.8 Å². The Bertz CT molecular complexity index is 2560. The second-order valence-corrected chi connectivity index (χ2v) is 22.6. The molecule has 23 nitrogen and oxygen atoms in total. The maximum absolute atomic E-state index is 14.3. The van der Waals surface area contributed by atoms with E-state index in [0.29, 0.717) is 61.9 Å². The van der Waals surface area contributed by atoms with E-state index in [9.17, 15) is 53.1 Å². The van der Waals surface area contributed by atoms with E-state index in [1.54, 1.807) is 89.9 Å². The average molecular weight is 1170 g/mol. The lowest BCUT2D eigenvalue weighted by atomic mass is 9.90. The maximum Gasteiger partial charge on any atom is 0.410 e. The van der Waals surface area contributed by atoms with Crippen LogP contribution in [0.3, 0.4) is 0 Å². The fourth-order valence-electron chi connectivity index (χ4n) is 10.7. The van der Waals surface area contributed by atoms with Crippen LogP contribution >= 0.6 is 0 Å². The molecule has 0 aliphatic carbocycles. The number of amides is 10. The molecule has 2 aliphatic heterocycles. The summed E-state index contributed by atoms with van der Waals surface area (Å²) in [7, 11) is 6.04. The zero-order chi connectivity index (χ0) is 62.4. The Morgan fingerprint density at radius 1 is 0.738 bits per heavy atom. The number of benzene rings is 2. The van der Waals surface area contributed by atoms with Gasteiger partial charge in [-0.1, -0.05) is 104 Å². The third kappa shape index (κ3) is 20.0. The van der Waals surface area contributed by atoms with Crippen molar-refractivity contribution >= 4 is 64.9 Å². The van der Waals surface area contributed by atoms with Crippen molar-refractivity contribution in [3.05, 3.63) is 77.9 Å². The number of anilines is 1. The van der Waals surface area contributed by atoms with E-state index >= 15 is 0 Å². The molecule has 464 valence electrons. The van der Waals surface area contributed by atoms with Gasteiger partial charge in [-0.2, -0.15) is 0 Å². The van der Waals surface area contributed by atoms with Crippen LogP contribution in [0.5, 0.6) is 0 Å². The number of nitrogens with one attached hydrogen (secondary N) is 5. The second-order valence-electron chi connectivity index (χ2n) is 22.6. The summed E-state index contributed by atoms with van der Waals surface area (Å²) in [4.78, 5) is 136. The summed E-state index contributed by atoms with van der Waals surface area (Å²) < 4.78 is 17.5. The van der Waals surface area contributed by atoms with Gasteiger partial charge >= 0.3 is 6.09 Å². The van der Waals surface area contributed by atoms with Gasteiger partial charge in [0.15, 0.2) is 0 Å². The van der Waals surface area contributed by atoms with Crippen molar-refractivity contribution in [2.24, 2.45) is 23.7 Å². The Balaban J connectivity index is 1.24. The van der Waals surface area contributed by atoms with Crippen molar-refractivity contribution in [2.45, 2.75) is 162 Å². The molecule has 4 rings (SSSR count). The number of ether oxygens (including phenoxy) is 3. The van der Waals surface area contributed by atoms with Crippen molar-refractivity contribution in [2.75, 3.05) is 59.8 Å². The lowest BCUT2D eigenvalue weighted by molar-refractivity contribution is -0.146. The molecule has 84 heavy (non-hydrogen) atoms. The predicted molar refractivity (Wildman–Crippen MR) is 314 cm³/mol. The highest BCUT2D eigenvalue weighted by molar-refractivity contribution is 6.12. The summed E-state index contributed by atoms with van der Waals surface area (Å²) in [5.41, 5.74) is 1.64. The summed E-state index contributed by atoms with van der Waals surface area (Å²) in [5, 5.41) is 24.5. The molecular weight excluding hydrogens is 1080 g/mol. The quantitative estimate of drug-likeness (QED) is 0.0431. The molecule has 0 bridgehead atoms. The molecule has 10 atom stereocenters. The minimum atomic E-state index is -1.03. The third-order valence-corrected chi connectivity index (χ3v) is 15.8. The number of nitrogens with zero attached hydrogens (tertiary/aromatic N) is 4. The summed E-state index contributed by atoms with van der Waals surface area (Å²) in [6, 6.07) is 12.0. The van der Waals surface area contributed by atoms with Crippen molar-refractivity contribution in [1.29, 1.82) is 0 Å². The SMILES string of the molecule is CC[C@H](C)[C@@H]([C@@H](CC(=O)N1CCC[C@H]1[C@H](OC)[C@@H](C)C(=O)N[C@H](C)[C@@H](O)c1ccccc1)OC)N(C)C(=O)CNC(=O)C(C(C)C)N(C)C(=O)OCc1ccc(NC(=O)CNC(=O)C(NC(=O)CCCCCN2C(=O)C=CC2=O)C(C)C)cc1. The van der Waals surface area contributed by atoms with Gasteiger partial charge in [0.2, 0.25) is 41.4 Å². The summed E-state index contributed by atoms with van der Waals surface area (Å²) in [6.07, 6.45) is 2.97. The van der Waals surface area contributed by atoms with Gasteiger partial charge < -0.3 is 55.7 Å². The molecule has 6 N–H and O–H groups in total. The molecule has 23 heteroatoms. The monoisotopic (exact) mass is 1170 g/mol. The number of aliphatic hydroxyl groups excluding tert-OH is 1. The number of carbonyl (C=O) groups is 10. The van der Waals surface area contributed by atoms with E-state index in [0.717, 1.165) is 9.80 Å². The number of aliphatic hydroxyl groups is 1. The highest BCUT2D eigenvalue weighted by atomic mass is 16.6. The van der Waals surface area contributed by atoms with E-state index in [2.05, 4.69) is 26.6 Å². The number of imide groups is 1. The molecule has 0 spiro atoms. The molecule has 2 heterocycles. The minimum absolute atomic E-state index is 0.0714. The fraction of sp³-hybridized carbons (Fsp3) is 0.607. The van der Waals surface area contributed by atoms with Gasteiger partial charge in [-0.05, 0) is 73.6 Å². The maximum atomic E-state index is 14.3. The van der Waals surface area contributed by atoms with Gasteiger partial charge in [-0.15, -0.1) is 0 Å². The molecule has 2 aromatic carbocycles. The van der Waals surface area contributed by atoms with Crippen molar-refractivity contribution in [3.63, 3.8) is 0 Å². The molecule has 0 aromatic heterocycles. The molecule has 1 saturated heterocycles. The first kappa shape index (κ1) is 69.3. The largest absolute Gasteiger partial charge is 0.445 e. The Labute approximate surface area is 494 Å². The number of unbranched alkanes of at least 4 members (excludes halogenated alkanes) is 2. The van der Waals surface area contributed by atoms with Gasteiger partial charge in [0, 0.05) is 65.7 Å². The van der Waals surface area contributed by atoms with Crippen LogP contribution < -0.4 is 26.6 Å². The highest BCUT2D eigenvalue weighted by Gasteiger charge is 2.43. The molecule has 1 fully saturated rings. The number of hydrogen-bond donors (Lipinski definition) is 6. The number of hydrogen-bond acceptors (Lipinski definition) is 14. The third-order valence-electron chi connectivity index (χ3n) is 15.8. The Morgan fingerprint density at radius 3 is 1.98 bits per heavy atom. The Kier molecular flexibility index (Phi) is 27.9. The van der Waals surface area contributed by atoms with E-state index < -0.39 is 96.6 Å². The summed E-state index contributed by atoms with van der Waals surface area (Å²) in [5.74, 6) is -5.16. The predicted octanol–water partition coefficient (Wildman–Crippen LogP) is 4.24. The van der Waals surface area contributed by atoms with E-state index in [-0.39, 0.29) is 73.9 Å². The lowest BCUT2D eigenvalue weighted by Gasteiger charge is -2.39. The Hall–Kier alpha value is -7.24. The topological polar surface area (TPSA) is 292 Å². The zero-order valence-electron chi connectivity index (χ0n) is 51.0. The fourth-order valence-corrected chi connectivity index (χ4v) is 10.7. The van der Waals surface area contributed by atoms with Crippen molar-refractivity contribution in [3.8, 4) is 0 Å². The summed E-state index contributed by atoms with van der Waals surface area (Å²) >= 11 is 0. The van der Waals surface area contributed by atoms with Crippen LogP contribution in [0.25, 0.3) is 0 Å². The normalized spacial score (nSPS) is 17.3. The van der Waals surface area contributed by atoms with Crippen LogP contribution in [0, 0.1) is 23.7 Å².